The maximum absolute atomic E-state index is 12.5. The molecule has 0 aliphatic heterocycles. The molecule has 136 valence electrons. The van der Waals surface area contributed by atoms with Crippen LogP contribution in [0.15, 0.2) is 45.0 Å². The number of benzene rings is 1. The van der Waals surface area contributed by atoms with Crippen molar-refractivity contribution in [2.24, 2.45) is 18.1 Å². The number of rotatable bonds is 6. The summed E-state index contributed by atoms with van der Waals surface area (Å²) in [7, 11) is 1.53. The van der Waals surface area contributed by atoms with E-state index in [1.807, 2.05) is 30.3 Å². The van der Waals surface area contributed by atoms with Crippen LogP contribution in [0.5, 0.6) is 0 Å². The molecule has 0 saturated carbocycles. The average molecular weight is 370 g/mol. The number of nitrogens with one attached hydrogen (secondary N) is 1. The largest absolute Gasteiger partial charge is 0.331 e. The van der Waals surface area contributed by atoms with Gasteiger partial charge < -0.3 is 0 Å². The van der Waals surface area contributed by atoms with Crippen LogP contribution in [0.25, 0.3) is 10.2 Å². The second-order valence-corrected chi connectivity index (χ2v) is 7.94. The highest BCUT2D eigenvalue weighted by molar-refractivity contribution is 7.18. The number of thiophene rings is 1. The van der Waals surface area contributed by atoms with Crippen molar-refractivity contribution < 1.29 is 0 Å². The van der Waals surface area contributed by atoms with Gasteiger partial charge in [-0.15, -0.1) is 11.3 Å². The van der Waals surface area contributed by atoms with Gasteiger partial charge in [-0.2, -0.15) is 5.11 Å². The molecule has 2 heterocycles. The molecular weight excluding hydrogens is 348 g/mol. The average Bonchev–Trinajstić information content (AvgIpc) is 3.06. The Bertz CT molecular complexity index is 1080. The topological polar surface area (TPSA) is 80.2 Å². The van der Waals surface area contributed by atoms with Gasteiger partial charge in [-0.1, -0.05) is 32.0 Å². The zero-order valence-corrected chi connectivity index (χ0v) is 16.0. The molecule has 0 aliphatic carbocycles. The lowest BCUT2D eigenvalue weighted by Crippen LogP contribution is -2.38. The summed E-state index contributed by atoms with van der Waals surface area (Å²) in [5, 5.41) is 4.17. The van der Waals surface area contributed by atoms with Crippen LogP contribution in [0.1, 0.15) is 24.3 Å². The first-order valence-electron chi connectivity index (χ1n) is 8.60. The lowest BCUT2D eigenvalue weighted by atomic mass is 10.1. The molecule has 0 saturated heterocycles. The minimum atomic E-state index is -0.261. The first-order chi connectivity index (χ1) is 12.4. The summed E-state index contributed by atoms with van der Waals surface area (Å²) in [5.74, 6) is 0.310. The van der Waals surface area contributed by atoms with E-state index < -0.39 is 0 Å². The normalized spacial score (nSPS) is 11.4. The van der Waals surface area contributed by atoms with Gasteiger partial charge in [-0.05, 0) is 36.5 Å². The third-order valence-electron chi connectivity index (χ3n) is 4.36. The molecule has 3 rings (SSSR count). The van der Waals surface area contributed by atoms with Crippen LogP contribution in [0.2, 0.25) is 0 Å². The molecule has 0 spiro atoms. The minimum Gasteiger partial charge on any atom is -0.284 e. The first kappa shape index (κ1) is 18.3. The predicted octanol–water partition coefficient (Wildman–Crippen LogP) is 3.87. The maximum Gasteiger partial charge on any atom is 0.331 e. The van der Waals surface area contributed by atoms with Crippen LogP contribution in [-0.2, 0) is 26.4 Å². The van der Waals surface area contributed by atoms with E-state index in [-0.39, 0.29) is 11.2 Å². The Morgan fingerprint density at radius 2 is 1.92 bits per heavy atom. The fourth-order valence-corrected chi connectivity index (χ4v) is 4.21. The Hall–Kier alpha value is -2.54. The Kier molecular flexibility index (Phi) is 5.18. The van der Waals surface area contributed by atoms with E-state index >= 15 is 0 Å². The van der Waals surface area contributed by atoms with Crippen molar-refractivity contribution >= 4 is 27.2 Å². The number of para-hydroxylation sites is 1. The van der Waals surface area contributed by atoms with Gasteiger partial charge in [0.1, 0.15) is 4.83 Å². The second kappa shape index (κ2) is 7.37. The summed E-state index contributed by atoms with van der Waals surface area (Å²) in [6.07, 6.45) is 1.48. The summed E-state index contributed by atoms with van der Waals surface area (Å²) in [4.78, 5) is 26.8. The molecule has 1 N–H and O–H groups in total. The third kappa shape index (κ3) is 3.39. The van der Waals surface area contributed by atoms with Crippen molar-refractivity contribution in [2.75, 3.05) is 0 Å². The highest BCUT2D eigenvalue weighted by Gasteiger charge is 2.15. The quantitative estimate of drug-likeness (QED) is 0.669. The van der Waals surface area contributed by atoms with Crippen molar-refractivity contribution in [3.05, 3.63) is 61.6 Å². The van der Waals surface area contributed by atoms with Crippen LogP contribution in [0.3, 0.4) is 0 Å². The highest BCUT2D eigenvalue weighted by Crippen LogP contribution is 2.26. The third-order valence-corrected chi connectivity index (χ3v) is 5.58. The molecule has 0 bridgehead atoms. The summed E-state index contributed by atoms with van der Waals surface area (Å²) in [5.41, 5.74) is 8.44. The zero-order chi connectivity index (χ0) is 18.8. The van der Waals surface area contributed by atoms with E-state index in [0.717, 1.165) is 28.1 Å². The van der Waals surface area contributed by atoms with Crippen LogP contribution in [0.4, 0.5) is 5.69 Å². The highest BCUT2D eigenvalue weighted by atomic mass is 32.1. The fourth-order valence-electron chi connectivity index (χ4n) is 3.06. The van der Waals surface area contributed by atoms with Crippen LogP contribution in [-0.4, -0.2) is 9.13 Å². The van der Waals surface area contributed by atoms with Crippen molar-refractivity contribution in [3.63, 3.8) is 0 Å². The summed E-state index contributed by atoms with van der Waals surface area (Å²) in [6, 6.07) is 9.49. The van der Waals surface area contributed by atoms with Gasteiger partial charge in [0.25, 0.3) is 5.56 Å². The maximum atomic E-state index is 12.5. The van der Waals surface area contributed by atoms with Gasteiger partial charge in [0.15, 0.2) is 0 Å². The number of nitrogens with zero attached hydrogens (tertiary/aromatic N) is 3. The second-order valence-electron chi connectivity index (χ2n) is 6.82. The monoisotopic (exact) mass is 370 g/mol. The lowest BCUT2D eigenvalue weighted by molar-refractivity contribution is 0.504. The molecule has 3 aromatic rings. The van der Waals surface area contributed by atoms with Gasteiger partial charge in [0.05, 0.1) is 11.1 Å². The molecule has 0 fully saturated rings. The van der Waals surface area contributed by atoms with Crippen LogP contribution in [0, 0.1) is 11.4 Å². The fraction of sp³-hybridized carbons (Fsp3) is 0.368. The Labute approximate surface area is 155 Å². The number of hydrogen-bond donors (Lipinski definition) is 1. The van der Waals surface area contributed by atoms with Crippen molar-refractivity contribution in [1.29, 1.82) is 5.53 Å². The molecule has 1 aromatic carbocycles. The van der Waals surface area contributed by atoms with Crippen LogP contribution < -0.4 is 11.2 Å². The Morgan fingerprint density at radius 3 is 2.62 bits per heavy atom. The van der Waals surface area contributed by atoms with Crippen LogP contribution >= 0.6 is 11.3 Å². The molecule has 0 unspecified atom stereocenters. The number of fused-ring (bicyclic) bond motifs is 1. The van der Waals surface area contributed by atoms with Gasteiger partial charge >= 0.3 is 5.69 Å². The van der Waals surface area contributed by atoms with Gasteiger partial charge in [0, 0.05) is 18.5 Å². The molecule has 0 aliphatic rings. The van der Waals surface area contributed by atoms with E-state index in [1.165, 1.54) is 23.0 Å². The molecule has 6 nitrogen and oxygen atoms in total. The molecular formula is C19H22N4O2S. The minimum absolute atomic E-state index is 0.242. The summed E-state index contributed by atoms with van der Waals surface area (Å²) < 4.78 is 2.90. The molecule has 26 heavy (non-hydrogen) atoms. The molecule has 2 aromatic heterocycles. The van der Waals surface area contributed by atoms with E-state index in [2.05, 4.69) is 19.0 Å². The number of aromatic nitrogens is 2. The smallest absolute Gasteiger partial charge is 0.284 e. The van der Waals surface area contributed by atoms with Gasteiger partial charge in [-0.3, -0.25) is 13.9 Å². The van der Waals surface area contributed by atoms with E-state index in [1.54, 1.807) is 4.57 Å². The Morgan fingerprint density at radius 1 is 1.19 bits per heavy atom. The first-order valence-corrected chi connectivity index (χ1v) is 9.41. The summed E-state index contributed by atoms with van der Waals surface area (Å²) in [6.45, 7) is 4.70. The van der Waals surface area contributed by atoms with E-state index in [9.17, 15) is 9.59 Å². The Balaban J connectivity index is 2.01. The standard InChI is InChI=1S/C19H22N4O2S/c1-12(2)11-23-18-15(17(24)22(3)19(23)25)10-14(26-18)9-8-13-6-4-5-7-16(13)21-20/h4-7,10,12,20H,8-9,11H2,1-3H3. The lowest BCUT2D eigenvalue weighted by Gasteiger charge is -2.11. The number of hydrogen-bond acceptors (Lipinski definition) is 5. The van der Waals surface area contributed by atoms with Crippen molar-refractivity contribution in [2.45, 2.75) is 33.2 Å². The molecule has 0 radical (unpaired) electrons. The SMILES string of the molecule is CC(C)Cn1c(=O)n(C)c(=O)c2cc(CCc3ccccc3N=N)sc21. The van der Waals surface area contributed by atoms with Gasteiger partial charge in [0.2, 0.25) is 0 Å². The van der Waals surface area contributed by atoms with Crippen molar-refractivity contribution in [3.8, 4) is 0 Å². The van der Waals surface area contributed by atoms with E-state index in [0.29, 0.717) is 23.5 Å². The zero-order valence-electron chi connectivity index (χ0n) is 15.2. The van der Waals surface area contributed by atoms with Gasteiger partial charge in [-0.25, -0.2) is 10.3 Å². The van der Waals surface area contributed by atoms with Crippen molar-refractivity contribution in [1.82, 2.24) is 9.13 Å². The number of aryl methyl sites for hydroxylation is 2. The molecule has 7 heteroatoms. The summed E-state index contributed by atoms with van der Waals surface area (Å²) >= 11 is 1.51. The van der Waals surface area contributed by atoms with E-state index in [4.69, 9.17) is 5.53 Å². The molecule has 0 amide bonds. The predicted molar refractivity (Wildman–Crippen MR) is 105 cm³/mol. The molecule has 0 atom stereocenters.